The monoisotopic (exact) mass is 387 g/mol. The van der Waals surface area contributed by atoms with E-state index in [4.69, 9.17) is 0 Å². The van der Waals surface area contributed by atoms with Gasteiger partial charge in [0.25, 0.3) is 5.91 Å². The molecule has 24 heavy (non-hydrogen) atoms. The van der Waals surface area contributed by atoms with E-state index >= 15 is 0 Å². The van der Waals surface area contributed by atoms with Gasteiger partial charge in [-0.05, 0) is 70.0 Å². The van der Waals surface area contributed by atoms with E-state index in [0.717, 1.165) is 11.3 Å². The first-order valence-electron chi connectivity index (χ1n) is 7.28. The minimum atomic E-state index is -0.285. The van der Waals surface area contributed by atoms with Crippen molar-refractivity contribution in [2.75, 3.05) is 11.9 Å². The molecule has 2 aromatic heterocycles. The molecule has 1 amide bonds. The predicted octanol–water partition coefficient (Wildman–Crippen LogP) is 4.27. The van der Waals surface area contributed by atoms with Gasteiger partial charge in [-0.1, -0.05) is 0 Å². The maximum atomic E-state index is 13.1. The first kappa shape index (κ1) is 16.4. The maximum absolute atomic E-state index is 13.1. The van der Waals surface area contributed by atoms with Crippen molar-refractivity contribution in [3.8, 4) is 11.3 Å². The van der Waals surface area contributed by atoms with Crippen molar-refractivity contribution in [3.63, 3.8) is 0 Å². The normalized spacial score (nSPS) is 10.7. The Kier molecular flexibility index (Phi) is 4.49. The topological polar surface area (TPSA) is 38.1 Å². The molecule has 0 spiro atoms. The van der Waals surface area contributed by atoms with Gasteiger partial charge in [0, 0.05) is 19.8 Å². The van der Waals surface area contributed by atoms with Crippen LogP contribution in [0.25, 0.3) is 11.3 Å². The lowest BCUT2D eigenvalue weighted by Gasteiger charge is -2.18. The van der Waals surface area contributed by atoms with E-state index < -0.39 is 0 Å². The number of pyridine rings is 1. The van der Waals surface area contributed by atoms with Crippen LogP contribution in [0.3, 0.4) is 0 Å². The number of aromatic nitrogens is 2. The van der Waals surface area contributed by atoms with Crippen LogP contribution in [0.2, 0.25) is 0 Å². The number of hydrogen-bond donors (Lipinski definition) is 0. The first-order valence-corrected chi connectivity index (χ1v) is 8.08. The second-order valence-electron chi connectivity index (χ2n) is 5.37. The molecule has 3 aromatic rings. The van der Waals surface area contributed by atoms with Gasteiger partial charge in [-0.25, -0.2) is 9.37 Å². The van der Waals surface area contributed by atoms with Crippen LogP contribution in [0, 0.1) is 5.82 Å². The molecule has 0 bridgehead atoms. The lowest BCUT2D eigenvalue weighted by atomic mass is 10.1. The van der Waals surface area contributed by atoms with Gasteiger partial charge in [0.1, 0.15) is 16.1 Å². The molecular weight excluding hydrogens is 373 g/mol. The van der Waals surface area contributed by atoms with Crippen molar-refractivity contribution < 1.29 is 9.18 Å². The Balaban J connectivity index is 1.91. The maximum Gasteiger partial charge on any atom is 0.274 e. The molecule has 1 aromatic carbocycles. The van der Waals surface area contributed by atoms with Gasteiger partial charge in [0.05, 0.1) is 11.9 Å². The molecule has 0 N–H and O–H groups in total. The summed E-state index contributed by atoms with van der Waals surface area (Å²) in [5.41, 5.74) is 2.94. The molecule has 0 unspecified atom stereocenters. The van der Waals surface area contributed by atoms with Crippen molar-refractivity contribution in [3.05, 3.63) is 70.8 Å². The third-order valence-electron chi connectivity index (χ3n) is 3.88. The van der Waals surface area contributed by atoms with E-state index in [1.54, 1.807) is 47.0 Å². The predicted molar refractivity (Wildman–Crippen MR) is 95.5 cm³/mol. The largest absolute Gasteiger partial charge is 0.340 e. The Morgan fingerprint density at radius 3 is 2.46 bits per heavy atom. The Bertz CT molecular complexity index is 872. The van der Waals surface area contributed by atoms with Crippen molar-refractivity contribution in [2.45, 2.75) is 0 Å². The fourth-order valence-corrected chi connectivity index (χ4v) is 2.73. The highest BCUT2D eigenvalue weighted by molar-refractivity contribution is 9.10. The van der Waals surface area contributed by atoms with Crippen LogP contribution in [0.5, 0.6) is 0 Å². The molecule has 122 valence electrons. The van der Waals surface area contributed by atoms with Crippen LogP contribution < -0.4 is 4.90 Å². The van der Waals surface area contributed by atoms with E-state index in [0.29, 0.717) is 16.0 Å². The van der Waals surface area contributed by atoms with Crippen LogP contribution >= 0.6 is 15.9 Å². The summed E-state index contributed by atoms with van der Waals surface area (Å²) < 4.78 is 15.6. The van der Waals surface area contributed by atoms with Crippen molar-refractivity contribution in [1.82, 2.24) is 9.55 Å². The van der Waals surface area contributed by atoms with Crippen LogP contribution in [-0.4, -0.2) is 22.5 Å². The summed E-state index contributed by atoms with van der Waals surface area (Å²) in [7, 11) is 3.53. The van der Waals surface area contributed by atoms with Gasteiger partial charge in [-0.2, -0.15) is 0 Å². The molecule has 2 heterocycles. The summed E-state index contributed by atoms with van der Waals surface area (Å²) in [6, 6.07) is 13.4. The van der Waals surface area contributed by atoms with Gasteiger partial charge in [0.15, 0.2) is 0 Å². The summed E-state index contributed by atoms with van der Waals surface area (Å²) in [5, 5.41) is 0. The van der Waals surface area contributed by atoms with Gasteiger partial charge in [-0.15, -0.1) is 0 Å². The number of amides is 1. The average molecular weight is 388 g/mol. The molecule has 0 fully saturated rings. The zero-order valence-corrected chi connectivity index (χ0v) is 14.8. The Labute approximate surface area is 147 Å². The fraction of sp³-hybridized carbons (Fsp3) is 0.111. The minimum absolute atomic E-state index is 0.144. The first-order chi connectivity index (χ1) is 11.5. The van der Waals surface area contributed by atoms with E-state index in [9.17, 15) is 9.18 Å². The van der Waals surface area contributed by atoms with Crippen LogP contribution in [0.4, 0.5) is 10.1 Å². The summed E-state index contributed by atoms with van der Waals surface area (Å²) in [5.74, 6) is -0.429. The molecule has 6 heteroatoms. The highest BCUT2D eigenvalue weighted by atomic mass is 79.9. The zero-order chi connectivity index (χ0) is 17.3. The Morgan fingerprint density at radius 2 is 1.83 bits per heavy atom. The van der Waals surface area contributed by atoms with Gasteiger partial charge in [-0.3, -0.25) is 4.79 Å². The molecule has 0 aliphatic rings. The van der Waals surface area contributed by atoms with E-state index in [1.165, 1.54) is 12.1 Å². The molecule has 0 aliphatic heterocycles. The number of benzene rings is 1. The van der Waals surface area contributed by atoms with Gasteiger partial charge >= 0.3 is 0 Å². The highest BCUT2D eigenvalue weighted by Crippen LogP contribution is 2.24. The number of nitrogens with zero attached hydrogens (tertiary/aromatic N) is 3. The summed E-state index contributed by atoms with van der Waals surface area (Å²) in [6.45, 7) is 0. The third-order valence-corrected chi connectivity index (χ3v) is 4.35. The van der Waals surface area contributed by atoms with Crippen molar-refractivity contribution >= 4 is 27.5 Å². The molecule has 3 rings (SSSR count). The summed E-state index contributed by atoms with van der Waals surface area (Å²) >= 11 is 3.28. The molecule has 0 radical (unpaired) electrons. The number of carbonyl (C=O) groups excluding carboxylic acids is 1. The third kappa shape index (κ3) is 3.10. The summed E-state index contributed by atoms with van der Waals surface area (Å²) in [6.07, 6.45) is 1.63. The highest BCUT2D eigenvalue weighted by Gasteiger charge is 2.18. The summed E-state index contributed by atoms with van der Waals surface area (Å²) in [4.78, 5) is 18.4. The molecule has 0 saturated carbocycles. The van der Waals surface area contributed by atoms with E-state index in [1.807, 2.05) is 19.2 Å². The number of anilines is 1. The van der Waals surface area contributed by atoms with E-state index in [2.05, 4.69) is 20.9 Å². The average Bonchev–Trinajstić information content (AvgIpc) is 2.96. The molecular formula is C18H15BrFN3O. The molecule has 4 nitrogen and oxygen atoms in total. The number of rotatable bonds is 3. The lowest BCUT2D eigenvalue weighted by molar-refractivity contribution is 0.0985. The number of carbonyl (C=O) groups is 1. The fourth-order valence-electron chi connectivity index (χ4n) is 2.49. The SMILES string of the molecule is CN(C(=O)c1ccc(-c2ccc(F)cc2)n1C)c1ccc(Br)nc1. The number of hydrogen-bond acceptors (Lipinski definition) is 2. The second-order valence-corrected chi connectivity index (χ2v) is 6.19. The van der Waals surface area contributed by atoms with E-state index in [-0.39, 0.29) is 11.7 Å². The Morgan fingerprint density at radius 1 is 1.12 bits per heavy atom. The van der Waals surface area contributed by atoms with Gasteiger partial charge < -0.3 is 9.47 Å². The van der Waals surface area contributed by atoms with Crippen LogP contribution in [0.1, 0.15) is 10.5 Å². The standard InChI is InChI=1S/C18H15BrFN3O/c1-22(14-7-10-17(19)21-11-14)18(24)16-9-8-15(23(16)2)12-3-5-13(20)6-4-12/h3-11H,1-2H3. The van der Waals surface area contributed by atoms with Crippen LogP contribution in [-0.2, 0) is 7.05 Å². The smallest absolute Gasteiger partial charge is 0.274 e. The molecule has 0 aliphatic carbocycles. The van der Waals surface area contributed by atoms with Gasteiger partial charge in [0.2, 0.25) is 0 Å². The quantitative estimate of drug-likeness (QED) is 0.629. The minimum Gasteiger partial charge on any atom is -0.340 e. The lowest BCUT2D eigenvalue weighted by Crippen LogP contribution is -2.28. The van der Waals surface area contributed by atoms with Crippen LogP contribution in [0.15, 0.2) is 59.3 Å². The molecule has 0 atom stereocenters. The van der Waals surface area contributed by atoms with Crippen molar-refractivity contribution in [2.24, 2.45) is 7.05 Å². The van der Waals surface area contributed by atoms with Crippen molar-refractivity contribution in [1.29, 1.82) is 0 Å². The Hall–Kier alpha value is -2.47. The molecule has 0 saturated heterocycles. The zero-order valence-electron chi connectivity index (χ0n) is 13.2. The number of halogens is 2. The second kappa shape index (κ2) is 6.57.